The lowest BCUT2D eigenvalue weighted by Crippen LogP contribution is -2.20. The molecule has 0 saturated carbocycles. The fourth-order valence-corrected chi connectivity index (χ4v) is 2.46. The van der Waals surface area contributed by atoms with Crippen molar-refractivity contribution in [3.05, 3.63) is 52.9 Å². The number of anilines is 1. The van der Waals surface area contributed by atoms with Gasteiger partial charge in [0.15, 0.2) is 0 Å². The van der Waals surface area contributed by atoms with Crippen LogP contribution in [0.2, 0.25) is 5.02 Å². The summed E-state index contributed by atoms with van der Waals surface area (Å²) in [6.45, 7) is 4.64. The number of benzene rings is 1. The molecule has 0 aliphatic rings. The molecule has 1 aromatic carbocycles. The van der Waals surface area contributed by atoms with Gasteiger partial charge in [0.25, 0.3) is 0 Å². The van der Waals surface area contributed by atoms with E-state index in [0.29, 0.717) is 0 Å². The number of hydrogen-bond acceptors (Lipinski definition) is 3. The van der Waals surface area contributed by atoms with E-state index in [1.54, 1.807) is 12.5 Å². The topological polar surface area (TPSA) is 28.4 Å². The predicted molar refractivity (Wildman–Crippen MR) is 79.6 cm³/mol. The fourth-order valence-electron chi connectivity index (χ4n) is 2.13. The van der Waals surface area contributed by atoms with Crippen molar-refractivity contribution in [1.29, 1.82) is 0 Å². The Hall–Kier alpha value is -1.45. The lowest BCUT2D eigenvalue weighted by Gasteiger charge is -2.23. The van der Waals surface area contributed by atoms with Crippen LogP contribution >= 0.6 is 11.6 Å². The zero-order valence-corrected chi connectivity index (χ0v) is 12.1. The van der Waals surface area contributed by atoms with Crippen LogP contribution in [0.25, 0.3) is 0 Å². The highest BCUT2D eigenvalue weighted by atomic mass is 35.5. The highest BCUT2D eigenvalue weighted by Gasteiger charge is 2.12. The Morgan fingerprint density at radius 1 is 1.32 bits per heavy atom. The molecule has 0 amide bonds. The molecule has 1 heterocycles. The van der Waals surface area contributed by atoms with Gasteiger partial charge in [-0.25, -0.2) is 0 Å². The zero-order valence-electron chi connectivity index (χ0n) is 11.3. The number of nitrogens with one attached hydrogen (secondary N) is 1. The van der Waals surface area contributed by atoms with Gasteiger partial charge in [0.05, 0.1) is 23.2 Å². The Kier molecular flexibility index (Phi) is 4.88. The van der Waals surface area contributed by atoms with Crippen LogP contribution in [0, 0.1) is 0 Å². The van der Waals surface area contributed by atoms with Crippen molar-refractivity contribution in [2.24, 2.45) is 0 Å². The molecule has 0 saturated heterocycles. The zero-order chi connectivity index (χ0) is 13.7. The first-order valence-electron chi connectivity index (χ1n) is 6.42. The summed E-state index contributed by atoms with van der Waals surface area (Å²) >= 11 is 6.35. The Morgan fingerprint density at radius 2 is 2.16 bits per heavy atom. The summed E-state index contributed by atoms with van der Waals surface area (Å²) in [5, 5.41) is 4.12. The summed E-state index contributed by atoms with van der Waals surface area (Å²) in [5.41, 5.74) is 3.42. The molecule has 102 valence electrons. The van der Waals surface area contributed by atoms with Gasteiger partial charge < -0.3 is 14.6 Å². The molecular weight excluding hydrogens is 260 g/mol. The number of halogens is 1. The Balaban J connectivity index is 2.21. The molecule has 2 aromatic rings. The first-order chi connectivity index (χ1) is 9.22. The molecule has 0 spiro atoms. The molecule has 0 atom stereocenters. The van der Waals surface area contributed by atoms with Gasteiger partial charge in [-0.1, -0.05) is 30.7 Å². The molecule has 1 N–H and O–H groups in total. The highest BCUT2D eigenvalue weighted by Crippen LogP contribution is 2.30. The van der Waals surface area contributed by atoms with Crippen molar-refractivity contribution in [2.75, 3.05) is 18.5 Å². The minimum absolute atomic E-state index is 0.777. The van der Waals surface area contributed by atoms with Gasteiger partial charge in [-0.2, -0.15) is 0 Å². The van der Waals surface area contributed by atoms with Crippen molar-refractivity contribution in [1.82, 2.24) is 5.32 Å². The van der Waals surface area contributed by atoms with E-state index in [2.05, 4.69) is 23.2 Å². The van der Waals surface area contributed by atoms with E-state index >= 15 is 0 Å². The molecule has 1 aromatic heterocycles. The van der Waals surface area contributed by atoms with Crippen LogP contribution < -0.4 is 10.2 Å². The maximum atomic E-state index is 6.35. The van der Waals surface area contributed by atoms with E-state index in [-0.39, 0.29) is 0 Å². The van der Waals surface area contributed by atoms with Gasteiger partial charge in [-0.05, 0) is 24.2 Å². The molecule has 0 radical (unpaired) electrons. The smallest absolute Gasteiger partial charge is 0.0952 e. The lowest BCUT2D eigenvalue weighted by molar-refractivity contribution is 0.563. The average Bonchev–Trinajstić information content (AvgIpc) is 2.89. The first-order valence-corrected chi connectivity index (χ1v) is 6.80. The van der Waals surface area contributed by atoms with Crippen LogP contribution in [0.5, 0.6) is 0 Å². The summed E-state index contributed by atoms with van der Waals surface area (Å²) in [6.07, 6.45) is 3.45. The van der Waals surface area contributed by atoms with E-state index in [9.17, 15) is 0 Å². The molecule has 3 nitrogen and oxygen atoms in total. The molecular formula is C15H19ClN2O. The van der Waals surface area contributed by atoms with Crippen molar-refractivity contribution >= 4 is 17.3 Å². The van der Waals surface area contributed by atoms with Crippen molar-refractivity contribution in [3.8, 4) is 0 Å². The number of para-hydroxylation sites is 1. The molecule has 19 heavy (non-hydrogen) atoms. The van der Waals surface area contributed by atoms with Gasteiger partial charge in [0, 0.05) is 25.7 Å². The monoisotopic (exact) mass is 278 g/mol. The molecule has 2 rings (SSSR count). The van der Waals surface area contributed by atoms with Crippen LogP contribution in [0.4, 0.5) is 5.69 Å². The van der Waals surface area contributed by atoms with Gasteiger partial charge in [0.1, 0.15) is 0 Å². The largest absolute Gasteiger partial charge is 0.472 e. The van der Waals surface area contributed by atoms with E-state index in [0.717, 1.165) is 35.9 Å². The lowest BCUT2D eigenvalue weighted by atomic mass is 10.1. The van der Waals surface area contributed by atoms with Crippen LogP contribution in [-0.2, 0) is 13.1 Å². The maximum Gasteiger partial charge on any atom is 0.0952 e. The van der Waals surface area contributed by atoms with E-state index in [4.69, 9.17) is 16.0 Å². The molecule has 0 aliphatic carbocycles. The molecule has 0 unspecified atom stereocenters. The summed E-state index contributed by atoms with van der Waals surface area (Å²) < 4.78 is 5.10. The van der Waals surface area contributed by atoms with E-state index in [1.165, 1.54) is 5.56 Å². The van der Waals surface area contributed by atoms with Crippen molar-refractivity contribution in [2.45, 2.75) is 20.0 Å². The number of rotatable bonds is 6. The van der Waals surface area contributed by atoms with E-state index < -0.39 is 0 Å². The van der Waals surface area contributed by atoms with Gasteiger partial charge in [0.2, 0.25) is 0 Å². The third-order valence-electron chi connectivity index (χ3n) is 3.02. The van der Waals surface area contributed by atoms with Crippen LogP contribution in [0.3, 0.4) is 0 Å². The second-order valence-corrected chi connectivity index (χ2v) is 4.92. The molecule has 0 bridgehead atoms. The molecule has 4 heteroatoms. The normalized spacial score (nSPS) is 10.7. The Morgan fingerprint density at radius 3 is 2.84 bits per heavy atom. The van der Waals surface area contributed by atoms with Crippen molar-refractivity contribution < 1.29 is 4.42 Å². The summed E-state index contributed by atoms with van der Waals surface area (Å²) in [7, 11) is 2.05. The van der Waals surface area contributed by atoms with E-state index in [1.807, 2.05) is 25.2 Å². The predicted octanol–water partition coefficient (Wildman–Crippen LogP) is 3.68. The van der Waals surface area contributed by atoms with Gasteiger partial charge in [-0.3, -0.25) is 0 Å². The third kappa shape index (κ3) is 3.52. The number of hydrogen-bond donors (Lipinski definition) is 1. The van der Waals surface area contributed by atoms with Crippen LogP contribution in [0.1, 0.15) is 18.1 Å². The average molecular weight is 279 g/mol. The van der Waals surface area contributed by atoms with Crippen LogP contribution in [0.15, 0.2) is 41.2 Å². The summed E-state index contributed by atoms with van der Waals surface area (Å²) in [4.78, 5) is 2.15. The Labute approximate surface area is 119 Å². The first kappa shape index (κ1) is 14.0. The second kappa shape index (κ2) is 6.64. The fraction of sp³-hybridized carbons (Fsp3) is 0.333. The number of nitrogens with zero attached hydrogens (tertiary/aromatic N) is 1. The standard InChI is InChI=1S/C15H19ClN2O/c1-3-17-9-13-5-4-6-14(16)15(13)18(2)10-12-7-8-19-11-12/h4-8,11,17H,3,9-10H2,1-2H3. The number of furan rings is 1. The van der Waals surface area contributed by atoms with Crippen molar-refractivity contribution in [3.63, 3.8) is 0 Å². The van der Waals surface area contributed by atoms with Gasteiger partial charge >= 0.3 is 0 Å². The highest BCUT2D eigenvalue weighted by molar-refractivity contribution is 6.33. The van der Waals surface area contributed by atoms with Gasteiger partial charge in [-0.15, -0.1) is 0 Å². The Bertz CT molecular complexity index is 511. The second-order valence-electron chi connectivity index (χ2n) is 4.52. The maximum absolute atomic E-state index is 6.35. The minimum Gasteiger partial charge on any atom is -0.472 e. The van der Waals surface area contributed by atoms with Crippen LogP contribution in [-0.4, -0.2) is 13.6 Å². The molecule has 0 aliphatic heterocycles. The third-order valence-corrected chi connectivity index (χ3v) is 3.32. The summed E-state index contributed by atoms with van der Waals surface area (Å²) in [6, 6.07) is 8.00. The molecule has 0 fully saturated rings. The quantitative estimate of drug-likeness (QED) is 0.874. The SMILES string of the molecule is CCNCc1cccc(Cl)c1N(C)Cc1ccoc1. The minimum atomic E-state index is 0.777. The summed E-state index contributed by atoms with van der Waals surface area (Å²) in [5.74, 6) is 0.